The van der Waals surface area contributed by atoms with Crippen LogP contribution in [0, 0.1) is 0 Å². The molecule has 0 N–H and O–H groups in total. The Balaban J connectivity index is 2.47. The van der Waals surface area contributed by atoms with Crippen molar-refractivity contribution in [2.45, 2.75) is 4.90 Å². The number of allylic oxidation sites excluding steroid dienone is 1. The topological polar surface area (TPSA) is 44.8 Å². The van der Waals surface area contributed by atoms with Gasteiger partial charge in [-0.1, -0.05) is 58.4 Å². The van der Waals surface area contributed by atoms with Gasteiger partial charge in [-0.15, -0.1) is 0 Å². The van der Waals surface area contributed by atoms with Crippen molar-refractivity contribution < 1.29 is 18.8 Å². The second-order valence-corrected chi connectivity index (χ2v) is 6.02. The summed E-state index contributed by atoms with van der Waals surface area (Å²) < 4.78 is 9.83. The van der Waals surface area contributed by atoms with Crippen molar-refractivity contribution in [2.24, 2.45) is 0 Å². The normalized spacial score (nSPS) is 11.8. The van der Waals surface area contributed by atoms with Crippen LogP contribution in [0.15, 0.2) is 59.5 Å². The lowest BCUT2D eigenvalue weighted by Gasteiger charge is -2.13. The lowest BCUT2D eigenvalue weighted by molar-refractivity contribution is -0.160. The van der Waals surface area contributed by atoms with Crippen LogP contribution in [0.1, 0.15) is 11.1 Å². The molecule has 0 saturated heterocycles. The van der Waals surface area contributed by atoms with Crippen molar-refractivity contribution in [1.82, 2.24) is 0 Å². The first kappa shape index (κ1) is 18.7. The van der Waals surface area contributed by atoms with Crippen LogP contribution in [0.3, 0.4) is 0 Å². The molecule has 0 heterocycles. The molecule has 2 aromatic rings. The molecule has 0 unspecified atom stereocenters. The van der Waals surface area contributed by atoms with E-state index in [0.717, 1.165) is 33.6 Å². The molecule has 2 rings (SSSR count). The number of hydrogen-bond donors (Lipinski definition) is 0. The van der Waals surface area contributed by atoms with Crippen LogP contribution in [0.4, 0.5) is 0 Å². The summed E-state index contributed by atoms with van der Waals surface area (Å²) in [5.41, 5.74) is 3.15. The molecule has 0 radical (unpaired) electrons. The summed E-state index contributed by atoms with van der Waals surface area (Å²) in [5, 5.41) is 0.521. The van der Waals surface area contributed by atoms with Crippen molar-refractivity contribution in [3.8, 4) is 0 Å². The highest BCUT2D eigenvalue weighted by Crippen LogP contribution is 2.30. The molecule has 0 bridgehead atoms. The lowest BCUT2D eigenvalue weighted by Crippen LogP contribution is -2.07. The Hall–Kier alpha value is -1.60. The van der Waals surface area contributed by atoms with E-state index in [9.17, 15) is 4.79 Å². The molecular formula is C18H17BrO4S. The minimum atomic E-state index is -0.364. The lowest BCUT2D eigenvalue weighted by atomic mass is 9.96. The maximum absolute atomic E-state index is 12.4. The Morgan fingerprint density at radius 3 is 2.21 bits per heavy atom. The smallest absolute Gasteiger partial charge is 0.338 e. The summed E-state index contributed by atoms with van der Waals surface area (Å²) in [6.45, 7) is 0. The predicted molar refractivity (Wildman–Crippen MR) is 99.5 cm³/mol. The standard InChI is InChI=1S/C18H17BrO4S/c1-21-18(20)17(14-6-4-3-5-7-14)16(12-19)13-8-10-15(11-9-13)24-23-22-2/h3-11H,12H2,1-2H3/b17-16+. The van der Waals surface area contributed by atoms with Crippen molar-refractivity contribution >= 4 is 45.1 Å². The predicted octanol–water partition coefficient (Wildman–Crippen LogP) is 4.75. The number of carbonyl (C=O) groups excluding carboxylic acids is 1. The Morgan fingerprint density at radius 1 is 1.00 bits per heavy atom. The largest absolute Gasteiger partial charge is 0.465 e. The second kappa shape index (κ2) is 9.64. The number of benzene rings is 2. The molecule has 24 heavy (non-hydrogen) atoms. The monoisotopic (exact) mass is 408 g/mol. The zero-order valence-corrected chi connectivity index (χ0v) is 15.7. The molecule has 6 heteroatoms. The number of carbonyl (C=O) groups is 1. The fraction of sp³-hybridized carbons (Fsp3) is 0.167. The number of halogens is 1. The van der Waals surface area contributed by atoms with Gasteiger partial charge in [0.2, 0.25) is 0 Å². The summed E-state index contributed by atoms with van der Waals surface area (Å²) in [5.74, 6) is -0.364. The van der Waals surface area contributed by atoms with E-state index in [4.69, 9.17) is 9.07 Å². The quantitative estimate of drug-likeness (QED) is 0.126. The van der Waals surface area contributed by atoms with E-state index in [1.54, 1.807) is 0 Å². The maximum atomic E-state index is 12.4. The van der Waals surface area contributed by atoms with Crippen molar-refractivity contribution in [3.05, 3.63) is 65.7 Å². The van der Waals surface area contributed by atoms with Gasteiger partial charge in [0.25, 0.3) is 0 Å². The fourth-order valence-electron chi connectivity index (χ4n) is 2.20. The van der Waals surface area contributed by atoms with E-state index in [1.165, 1.54) is 14.2 Å². The van der Waals surface area contributed by atoms with Crippen molar-refractivity contribution in [1.29, 1.82) is 0 Å². The molecule has 4 nitrogen and oxygen atoms in total. The Labute approximate surface area is 154 Å². The number of esters is 1. The van der Waals surface area contributed by atoms with Gasteiger partial charge in [0.1, 0.15) is 0 Å². The van der Waals surface area contributed by atoms with Crippen LogP contribution in [0.25, 0.3) is 11.1 Å². The van der Waals surface area contributed by atoms with E-state index >= 15 is 0 Å². The molecular weight excluding hydrogens is 392 g/mol. The summed E-state index contributed by atoms with van der Waals surface area (Å²) in [4.78, 5) is 17.8. The molecule has 0 aliphatic carbocycles. The summed E-state index contributed by atoms with van der Waals surface area (Å²) >= 11 is 4.62. The van der Waals surface area contributed by atoms with Crippen LogP contribution in [0.2, 0.25) is 0 Å². The minimum Gasteiger partial charge on any atom is -0.465 e. The minimum absolute atomic E-state index is 0.364. The first-order chi connectivity index (χ1) is 11.7. The average molecular weight is 409 g/mol. The van der Waals surface area contributed by atoms with E-state index in [1.807, 2.05) is 54.6 Å². The SMILES string of the molecule is COOSc1ccc(/C(CBr)=C(/C(=O)OC)c2ccccc2)cc1. The van der Waals surface area contributed by atoms with Gasteiger partial charge >= 0.3 is 5.97 Å². The van der Waals surface area contributed by atoms with Gasteiger partial charge in [-0.05, 0) is 28.8 Å². The highest BCUT2D eigenvalue weighted by molar-refractivity contribution is 9.09. The van der Waals surface area contributed by atoms with E-state index in [-0.39, 0.29) is 5.97 Å². The molecule has 0 saturated carbocycles. The number of methoxy groups -OCH3 is 1. The van der Waals surface area contributed by atoms with Gasteiger partial charge in [0.15, 0.2) is 0 Å². The summed E-state index contributed by atoms with van der Waals surface area (Å²) in [6.07, 6.45) is 0. The van der Waals surface area contributed by atoms with Crippen LogP contribution in [-0.2, 0) is 18.8 Å². The van der Waals surface area contributed by atoms with Gasteiger partial charge in [-0.2, -0.15) is 4.33 Å². The zero-order chi connectivity index (χ0) is 17.4. The van der Waals surface area contributed by atoms with Crippen molar-refractivity contribution in [3.63, 3.8) is 0 Å². The highest BCUT2D eigenvalue weighted by Gasteiger charge is 2.19. The van der Waals surface area contributed by atoms with Crippen LogP contribution < -0.4 is 0 Å². The third kappa shape index (κ3) is 4.70. The van der Waals surface area contributed by atoms with E-state index < -0.39 is 0 Å². The van der Waals surface area contributed by atoms with Gasteiger partial charge in [-0.3, -0.25) is 0 Å². The molecule has 2 aromatic carbocycles. The molecule has 0 amide bonds. The average Bonchev–Trinajstić information content (AvgIpc) is 2.65. The molecule has 0 spiro atoms. The second-order valence-electron chi connectivity index (χ2n) is 4.69. The van der Waals surface area contributed by atoms with Gasteiger partial charge in [0.05, 0.1) is 31.8 Å². The summed E-state index contributed by atoms with van der Waals surface area (Å²) in [6, 6.07) is 17.2. The van der Waals surface area contributed by atoms with Crippen LogP contribution in [0.5, 0.6) is 0 Å². The Bertz CT molecular complexity index is 699. The Morgan fingerprint density at radius 2 is 1.67 bits per heavy atom. The van der Waals surface area contributed by atoms with Crippen molar-refractivity contribution in [2.75, 3.05) is 19.5 Å². The van der Waals surface area contributed by atoms with E-state index in [0.29, 0.717) is 10.9 Å². The molecule has 0 fully saturated rings. The van der Waals surface area contributed by atoms with Crippen LogP contribution in [-0.4, -0.2) is 25.5 Å². The van der Waals surface area contributed by atoms with Gasteiger partial charge in [-0.25, -0.2) is 9.68 Å². The number of rotatable bonds is 7. The van der Waals surface area contributed by atoms with Crippen LogP contribution >= 0.6 is 28.0 Å². The molecule has 0 atom stereocenters. The van der Waals surface area contributed by atoms with E-state index in [2.05, 4.69) is 20.8 Å². The maximum Gasteiger partial charge on any atom is 0.338 e. The third-order valence-electron chi connectivity index (χ3n) is 3.29. The number of alkyl halides is 1. The first-order valence-corrected chi connectivity index (χ1v) is 8.98. The highest BCUT2D eigenvalue weighted by atomic mass is 79.9. The third-order valence-corrected chi connectivity index (χ3v) is 4.52. The summed E-state index contributed by atoms with van der Waals surface area (Å²) in [7, 11) is 2.84. The Kier molecular flexibility index (Phi) is 7.52. The molecule has 0 aromatic heterocycles. The fourth-order valence-corrected chi connectivity index (χ4v) is 3.19. The number of hydrogen-bond acceptors (Lipinski definition) is 5. The van der Waals surface area contributed by atoms with Gasteiger partial charge < -0.3 is 4.74 Å². The first-order valence-electron chi connectivity index (χ1n) is 7.12. The molecule has 126 valence electrons. The zero-order valence-electron chi connectivity index (χ0n) is 13.3. The molecule has 0 aliphatic heterocycles. The number of ether oxygens (including phenoxy) is 1. The molecule has 0 aliphatic rings. The van der Waals surface area contributed by atoms with Gasteiger partial charge in [0, 0.05) is 10.2 Å².